The molecule has 2 N–H and O–H groups in total. The minimum atomic E-state index is -3.79. The molecular formula is C27H39Cl2NO3S. The Bertz CT molecular complexity index is 966. The first kappa shape index (κ1) is 28.8. The first-order valence-corrected chi connectivity index (χ1v) is 14.9. The van der Waals surface area contributed by atoms with E-state index in [0.717, 1.165) is 19.3 Å². The molecule has 2 aromatic rings. The lowest BCUT2D eigenvalue weighted by Gasteiger charge is -2.16. The summed E-state index contributed by atoms with van der Waals surface area (Å²) < 4.78 is 28.2. The van der Waals surface area contributed by atoms with Crippen molar-refractivity contribution < 1.29 is 13.5 Å². The van der Waals surface area contributed by atoms with Gasteiger partial charge >= 0.3 is 0 Å². The number of halogens is 2. The number of rotatable bonds is 17. The molecule has 0 saturated heterocycles. The van der Waals surface area contributed by atoms with Crippen LogP contribution >= 0.6 is 23.2 Å². The fourth-order valence-electron chi connectivity index (χ4n) is 4.11. The second kappa shape index (κ2) is 15.5. The second-order valence-corrected chi connectivity index (χ2v) is 11.4. The van der Waals surface area contributed by atoms with E-state index in [-0.39, 0.29) is 20.7 Å². The Hall–Kier alpha value is -1.43. The molecule has 0 spiro atoms. The molecule has 4 nitrogen and oxygen atoms in total. The van der Waals surface area contributed by atoms with Crippen LogP contribution in [0.15, 0.2) is 41.3 Å². The van der Waals surface area contributed by atoms with Crippen molar-refractivity contribution in [1.82, 2.24) is 0 Å². The van der Waals surface area contributed by atoms with Crippen LogP contribution in [0, 0.1) is 0 Å². The third-order valence-electron chi connectivity index (χ3n) is 6.12. The molecule has 190 valence electrons. The van der Waals surface area contributed by atoms with Gasteiger partial charge in [-0.2, -0.15) is 0 Å². The van der Waals surface area contributed by atoms with Crippen molar-refractivity contribution in [2.24, 2.45) is 0 Å². The van der Waals surface area contributed by atoms with E-state index in [2.05, 4.69) is 11.6 Å². The van der Waals surface area contributed by atoms with Crippen molar-refractivity contribution in [3.8, 4) is 5.75 Å². The Kier molecular flexibility index (Phi) is 13.2. The van der Waals surface area contributed by atoms with Crippen LogP contribution in [-0.2, 0) is 16.4 Å². The number of aromatic hydroxyl groups is 1. The summed E-state index contributed by atoms with van der Waals surface area (Å²) in [5, 5.41) is 10.3. The van der Waals surface area contributed by atoms with Crippen molar-refractivity contribution in [3.05, 3.63) is 52.0 Å². The van der Waals surface area contributed by atoms with Gasteiger partial charge in [0.2, 0.25) is 0 Å². The summed E-state index contributed by atoms with van der Waals surface area (Å²) in [4.78, 5) is 0.155. The first-order chi connectivity index (χ1) is 16.4. The van der Waals surface area contributed by atoms with E-state index >= 15 is 0 Å². The Morgan fingerprint density at radius 3 is 1.82 bits per heavy atom. The Morgan fingerprint density at radius 2 is 1.29 bits per heavy atom. The third kappa shape index (κ3) is 9.67. The molecule has 0 radical (unpaired) electrons. The number of anilines is 1. The van der Waals surface area contributed by atoms with E-state index in [1.165, 1.54) is 82.4 Å². The quantitative estimate of drug-likeness (QED) is 0.159. The minimum absolute atomic E-state index is 0.0184. The summed E-state index contributed by atoms with van der Waals surface area (Å²) in [6.07, 6.45) is 16.8. The van der Waals surface area contributed by atoms with Crippen molar-refractivity contribution in [3.63, 3.8) is 0 Å². The highest BCUT2D eigenvalue weighted by Crippen LogP contribution is 2.40. The molecule has 0 aliphatic rings. The highest BCUT2D eigenvalue weighted by molar-refractivity contribution is 7.92. The molecule has 0 heterocycles. The topological polar surface area (TPSA) is 66.4 Å². The normalized spacial score (nSPS) is 11.6. The summed E-state index contributed by atoms with van der Waals surface area (Å²) in [6.45, 7) is 2.25. The number of phenols is 1. The fraction of sp³-hybridized carbons (Fsp3) is 0.556. The fourth-order valence-corrected chi connectivity index (χ4v) is 5.76. The lowest BCUT2D eigenvalue weighted by Crippen LogP contribution is -2.14. The smallest absolute Gasteiger partial charge is 0.261 e. The van der Waals surface area contributed by atoms with E-state index in [1.807, 2.05) is 0 Å². The van der Waals surface area contributed by atoms with Gasteiger partial charge in [0, 0.05) is 0 Å². The van der Waals surface area contributed by atoms with Gasteiger partial charge in [0.1, 0.15) is 0 Å². The predicted molar refractivity (Wildman–Crippen MR) is 145 cm³/mol. The van der Waals surface area contributed by atoms with Crippen LogP contribution in [0.5, 0.6) is 5.75 Å². The average molecular weight is 529 g/mol. The van der Waals surface area contributed by atoms with Crippen LogP contribution in [0.1, 0.15) is 96.0 Å². The zero-order chi connectivity index (χ0) is 24.8. The summed E-state index contributed by atoms with van der Waals surface area (Å²) in [5.74, 6) is -0.212. The van der Waals surface area contributed by atoms with Gasteiger partial charge in [-0.25, -0.2) is 8.42 Å². The maximum atomic E-state index is 12.8. The number of benzene rings is 2. The maximum absolute atomic E-state index is 12.8. The SMILES string of the molecule is CCCCCCCCCCCCCCCc1c(NS(=O)(=O)c2ccccc2)cc(Cl)c(O)c1Cl. The maximum Gasteiger partial charge on any atom is 0.261 e. The lowest BCUT2D eigenvalue weighted by molar-refractivity contribution is 0.475. The van der Waals surface area contributed by atoms with E-state index in [9.17, 15) is 13.5 Å². The van der Waals surface area contributed by atoms with Gasteiger partial charge < -0.3 is 5.11 Å². The van der Waals surface area contributed by atoms with Crippen molar-refractivity contribution >= 4 is 38.9 Å². The molecule has 2 aromatic carbocycles. The van der Waals surface area contributed by atoms with Crippen molar-refractivity contribution in [2.75, 3.05) is 4.72 Å². The van der Waals surface area contributed by atoms with Crippen LogP contribution in [0.25, 0.3) is 0 Å². The third-order valence-corrected chi connectivity index (χ3v) is 8.20. The highest BCUT2D eigenvalue weighted by Gasteiger charge is 2.20. The van der Waals surface area contributed by atoms with E-state index in [0.29, 0.717) is 17.7 Å². The number of phenolic OH excluding ortho intramolecular Hbond substituents is 1. The number of unbranched alkanes of at least 4 members (excludes halogenated alkanes) is 12. The Labute approximate surface area is 216 Å². The van der Waals surface area contributed by atoms with Gasteiger partial charge in [-0.3, -0.25) is 4.72 Å². The molecule has 7 heteroatoms. The number of sulfonamides is 1. The average Bonchev–Trinajstić information content (AvgIpc) is 2.82. The number of hydrogen-bond acceptors (Lipinski definition) is 3. The summed E-state index contributed by atoms with van der Waals surface area (Å²) >= 11 is 12.4. The second-order valence-electron chi connectivity index (χ2n) is 8.96. The van der Waals surface area contributed by atoms with Crippen LogP contribution in [0.2, 0.25) is 10.0 Å². The van der Waals surface area contributed by atoms with Crippen LogP contribution in [0.4, 0.5) is 5.69 Å². The van der Waals surface area contributed by atoms with E-state index in [1.54, 1.807) is 18.2 Å². The largest absolute Gasteiger partial charge is 0.505 e. The van der Waals surface area contributed by atoms with Crippen LogP contribution < -0.4 is 4.72 Å². The minimum Gasteiger partial charge on any atom is -0.505 e. The molecule has 0 aliphatic carbocycles. The zero-order valence-electron chi connectivity index (χ0n) is 20.3. The molecule has 0 unspecified atom stereocenters. The molecule has 0 aromatic heterocycles. The van der Waals surface area contributed by atoms with Gasteiger partial charge in [0.25, 0.3) is 10.0 Å². The molecular weight excluding hydrogens is 489 g/mol. The summed E-state index contributed by atoms with van der Waals surface area (Å²) in [7, 11) is -3.79. The number of nitrogens with one attached hydrogen (secondary N) is 1. The lowest BCUT2D eigenvalue weighted by atomic mass is 10.0. The molecule has 0 saturated carbocycles. The van der Waals surface area contributed by atoms with E-state index in [4.69, 9.17) is 23.2 Å². The van der Waals surface area contributed by atoms with Gasteiger partial charge in [0.05, 0.1) is 20.6 Å². The molecule has 0 bridgehead atoms. The van der Waals surface area contributed by atoms with Gasteiger partial charge in [-0.15, -0.1) is 0 Å². The molecule has 0 atom stereocenters. The highest BCUT2D eigenvalue weighted by atomic mass is 35.5. The molecule has 0 fully saturated rings. The molecule has 0 aliphatic heterocycles. The van der Waals surface area contributed by atoms with Crippen LogP contribution in [0.3, 0.4) is 0 Å². The van der Waals surface area contributed by atoms with E-state index < -0.39 is 10.0 Å². The monoisotopic (exact) mass is 527 g/mol. The molecule has 2 rings (SSSR count). The Morgan fingerprint density at radius 1 is 0.794 bits per heavy atom. The van der Waals surface area contributed by atoms with Gasteiger partial charge in [-0.05, 0) is 36.6 Å². The summed E-state index contributed by atoms with van der Waals surface area (Å²) in [5.41, 5.74) is 0.890. The Balaban J connectivity index is 1.80. The predicted octanol–water partition coefficient (Wildman–Crippen LogP) is 9.13. The molecule has 0 amide bonds. The van der Waals surface area contributed by atoms with Gasteiger partial charge in [-0.1, -0.05) is 125 Å². The van der Waals surface area contributed by atoms with Crippen LogP contribution in [-0.4, -0.2) is 13.5 Å². The van der Waals surface area contributed by atoms with Crippen molar-refractivity contribution in [1.29, 1.82) is 0 Å². The standard InChI is InChI=1S/C27H39Cl2NO3S/c1-2-3-4-5-6-7-8-9-10-11-12-13-17-20-23-25(21-24(28)27(31)26(23)29)30-34(32,33)22-18-15-14-16-19-22/h14-16,18-19,21,30-31H,2-13,17,20H2,1H3. The molecule has 34 heavy (non-hydrogen) atoms. The zero-order valence-corrected chi connectivity index (χ0v) is 22.6. The first-order valence-electron chi connectivity index (χ1n) is 12.6. The van der Waals surface area contributed by atoms with Crippen molar-refractivity contribution in [2.45, 2.75) is 102 Å². The summed E-state index contributed by atoms with van der Waals surface area (Å²) in [6, 6.07) is 9.57. The number of hydrogen-bond donors (Lipinski definition) is 2. The van der Waals surface area contributed by atoms with Gasteiger partial charge in [0.15, 0.2) is 5.75 Å².